The van der Waals surface area contributed by atoms with E-state index in [0.29, 0.717) is 6.92 Å². The lowest BCUT2D eigenvalue weighted by molar-refractivity contribution is -0.533. The third-order valence-electron chi connectivity index (χ3n) is 3.81. The van der Waals surface area contributed by atoms with E-state index in [-0.39, 0.29) is 0 Å². The van der Waals surface area contributed by atoms with Crippen LogP contribution in [-0.2, 0) is 9.53 Å². The van der Waals surface area contributed by atoms with Crippen molar-refractivity contribution in [3.63, 3.8) is 0 Å². The molecular formula is C12H5F15O2. The molecule has 0 spiro atoms. The zero-order valence-corrected chi connectivity index (χ0v) is 13.2. The Kier molecular flexibility index (Phi) is 5.09. The topological polar surface area (TPSA) is 26.3 Å². The minimum atomic E-state index is -8.25. The van der Waals surface area contributed by atoms with E-state index in [1.165, 1.54) is 0 Å². The van der Waals surface area contributed by atoms with Gasteiger partial charge in [-0.3, -0.25) is 0 Å². The Balaban J connectivity index is 3.61. The van der Waals surface area contributed by atoms with Gasteiger partial charge in [0.2, 0.25) is 0 Å². The number of carbonyl (C=O) groups is 1. The Hall–Kier alpha value is -1.84. The van der Waals surface area contributed by atoms with Crippen LogP contribution in [0.5, 0.6) is 0 Å². The normalized spacial score (nSPS) is 23.2. The monoisotopic (exact) mass is 466 g/mol. The predicted molar refractivity (Wildman–Crippen MR) is 59.4 cm³/mol. The first kappa shape index (κ1) is 25.2. The zero-order chi connectivity index (χ0) is 23.9. The highest BCUT2D eigenvalue weighted by Gasteiger charge is 3.09. The van der Waals surface area contributed by atoms with Crippen molar-refractivity contribution in [1.82, 2.24) is 0 Å². The van der Waals surface area contributed by atoms with Gasteiger partial charge in [0, 0.05) is 5.57 Å². The van der Waals surface area contributed by atoms with Crippen molar-refractivity contribution in [1.29, 1.82) is 0 Å². The van der Waals surface area contributed by atoms with Gasteiger partial charge in [0.05, 0.1) is 0 Å². The summed E-state index contributed by atoms with van der Waals surface area (Å²) in [5, 5.41) is 0. The smallest absolute Gasteiger partial charge is 0.393 e. The molecule has 1 rings (SSSR count). The number of hydrogen-bond donors (Lipinski definition) is 0. The number of alkyl halides is 15. The van der Waals surface area contributed by atoms with Crippen LogP contribution in [0.3, 0.4) is 0 Å². The van der Waals surface area contributed by atoms with E-state index >= 15 is 0 Å². The van der Waals surface area contributed by atoms with Crippen LogP contribution in [0.25, 0.3) is 0 Å². The van der Waals surface area contributed by atoms with Gasteiger partial charge in [-0.25, -0.2) is 9.18 Å². The molecule has 0 unspecified atom stereocenters. The second kappa shape index (κ2) is 5.86. The van der Waals surface area contributed by atoms with Gasteiger partial charge in [-0.15, -0.1) is 0 Å². The van der Waals surface area contributed by atoms with Gasteiger partial charge in [0.15, 0.2) is 0 Å². The fraction of sp³-hybridized carbons (Fsp3) is 0.750. The number of esters is 1. The van der Waals surface area contributed by atoms with Crippen molar-refractivity contribution < 1.29 is 75.4 Å². The molecule has 170 valence electrons. The average Bonchev–Trinajstić information content (AvgIpc) is 2.51. The van der Waals surface area contributed by atoms with E-state index in [4.69, 9.17) is 0 Å². The van der Waals surface area contributed by atoms with Crippen LogP contribution >= 0.6 is 0 Å². The molecule has 0 bridgehead atoms. The van der Waals surface area contributed by atoms with Crippen LogP contribution < -0.4 is 0 Å². The van der Waals surface area contributed by atoms with E-state index in [1.54, 1.807) is 0 Å². The van der Waals surface area contributed by atoms with Crippen molar-refractivity contribution in [2.24, 2.45) is 0 Å². The minimum Gasteiger partial charge on any atom is -0.393 e. The Morgan fingerprint density at radius 1 is 0.724 bits per heavy atom. The first-order valence-electron chi connectivity index (χ1n) is 6.55. The standard InChI is InChI=1S/C12H5F15O2/c1-3(2)4(28)29-12(26,27)11(24,25)10(22,23)8(18,19)5(13)6(14,15)9(20,21)7(5,16)17/h1H2,2H3. The number of ether oxygens (including phenoxy) is 1. The molecule has 1 aliphatic carbocycles. The fourth-order valence-electron chi connectivity index (χ4n) is 2.02. The highest BCUT2D eigenvalue weighted by atomic mass is 19.4. The van der Waals surface area contributed by atoms with E-state index in [9.17, 15) is 70.7 Å². The maximum absolute atomic E-state index is 13.6. The summed E-state index contributed by atoms with van der Waals surface area (Å²) in [6.07, 6.45) is -7.05. The lowest BCUT2D eigenvalue weighted by atomic mass is 9.64. The van der Waals surface area contributed by atoms with Gasteiger partial charge in [-0.05, 0) is 6.92 Å². The lowest BCUT2D eigenvalue weighted by Crippen LogP contribution is -2.92. The van der Waals surface area contributed by atoms with E-state index in [0.717, 1.165) is 0 Å². The van der Waals surface area contributed by atoms with Crippen LogP contribution in [0, 0.1) is 0 Å². The Morgan fingerprint density at radius 3 is 1.38 bits per heavy atom. The SMILES string of the molecule is C=C(C)C(=O)OC(F)(F)C(F)(F)C(F)(F)C(F)(F)C1(F)C(F)(F)C(F)(F)C1(F)F. The van der Waals surface area contributed by atoms with Gasteiger partial charge in [0.1, 0.15) is 0 Å². The second-order valence-corrected chi connectivity index (χ2v) is 5.79. The Labute approximate surface area is 149 Å². The van der Waals surface area contributed by atoms with Crippen LogP contribution in [-0.4, -0.2) is 53.3 Å². The molecule has 0 radical (unpaired) electrons. The number of halogens is 15. The summed E-state index contributed by atoms with van der Waals surface area (Å²) in [6, 6.07) is 0. The molecule has 1 saturated carbocycles. The van der Waals surface area contributed by atoms with E-state index in [1.807, 2.05) is 0 Å². The summed E-state index contributed by atoms with van der Waals surface area (Å²) < 4.78 is 200. The number of rotatable bonds is 6. The molecule has 0 saturated heterocycles. The molecule has 0 N–H and O–H groups in total. The van der Waals surface area contributed by atoms with Crippen LogP contribution in [0.2, 0.25) is 0 Å². The minimum absolute atomic E-state index is 0.456. The summed E-state index contributed by atoms with van der Waals surface area (Å²) in [5.74, 6) is -48.8. The third-order valence-corrected chi connectivity index (χ3v) is 3.81. The summed E-state index contributed by atoms with van der Waals surface area (Å²) in [6.45, 7) is 2.97. The first-order chi connectivity index (χ1) is 12.3. The van der Waals surface area contributed by atoms with Crippen LogP contribution in [0.4, 0.5) is 65.9 Å². The lowest BCUT2D eigenvalue weighted by Gasteiger charge is -2.57. The molecule has 1 fully saturated rings. The summed E-state index contributed by atoms with van der Waals surface area (Å²) in [4.78, 5) is 10.8. The molecule has 0 heterocycles. The van der Waals surface area contributed by atoms with Crippen LogP contribution in [0.1, 0.15) is 6.92 Å². The molecule has 2 nitrogen and oxygen atoms in total. The average molecular weight is 466 g/mol. The molecule has 0 aromatic rings. The maximum atomic E-state index is 13.6. The van der Waals surface area contributed by atoms with Crippen molar-refractivity contribution in [3.05, 3.63) is 12.2 Å². The highest BCUT2D eigenvalue weighted by Crippen LogP contribution is 2.75. The zero-order valence-electron chi connectivity index (χ0n) is 13.2. The van der Waals surface area contributed by atoms with E-state index in [2.05, 4.69) is 11.3 Å². The van der Waals surface area contributed by atoms with Crippen molar-refractivity contribution >= 4 is 5.97 Å². The number of hydrogen-bond acceptors (Lipinski definition) is 2. The first-order valence-corrected chi connectivity index (χ1v) is 6.55. The third kappa shape index (κ3) is 2.44. The molecule has 0 atom stereocenters. The summed E-state index contributed by atoms with van der Waals surface area (Å²) in [5.41, 5.74) is -8.95. The second-order valence-electron chi connectivity index (χ2n) is 5.79. The molecule has 17 heteroatoms. The van der Waals surface area contributed by atoms with Gasteiger partial charge in [-0.1, -0.05) is 6.58 Å². The summed E-state index contributed by atoms with van der Waals surface area (Å²) >= 11 is 0. The molecule has 0 aromatic carbocycles. The quantitative estimate of drug-likeness (QED) is 0.305. The largest absolute Gasteiger partial charge is 0.473 e. The summed E-state index contributed by atoms with van der Waals surface area (Å²) in [7, 11) is 0. The van der Waals surface area contributed by atoms with Crippen LogP contribution in [0.15, 0.2) is 12.2 Å². The molecule has 1 aliphatic rings. The molecule has 29 heavy (non-hydrogen) atoms. The molecule has 0 aromatic heterocycles. The molecule has 0 amide bonds. The maximum Gasteiger partial charge on any atom is 0.473 e. The van der Waals surface area contributed by atoms with Gasteiger partial charge >= 0.3 is 53.3 Å². The number of carbonyl (C=O) groups excluding carboxylic acids is 1. The van der Waals surface area contributed by atoms with Crippen molar-refractivity contribution in [3.8, 4) is 0 Å². The van der Waals surface area contributed by atoms with Crippen molar-refractivity contribution in [2.75, 3.05) is 0 Å². The van der Waals surface area contributed by atoms with Gasteiger partial charge < -0.3 is 4.74 Å². The van der Waals surface area contributed by atoms with Crippen molar-refractivity contribution in [2.45, 2.75) is 54.2 Å². The Morgan fingerprint density at radius 2 is 1.07 bits per heavy atom. The van der Waals surface area contributed by atoms with Gasteiger partial charge in [0.25, 0.3) is 0 Å². The predicted octanol–water partition coefficient (Wildman–Crippen LogP) is 5.23. The molecule has 0 aliphatic heterocycles. The van der Waals surface area contributed by atoms with Gasteiger partial charge in [-0.2, -0.15) is 61.5 Å². The van der Waals surface area contributed by atoms with E-state index < -0.39 is 58.9 Å². The fourth-order valence-corrected chi connectivity index (χ4v) is 2.02. The molecular weight excluding hydrogens is 461 g/mol. The Bertz CT molecular complexity index is 705. The highest BCUT2D eigenvalue weighted by molar-refractivity contribution is 5.87.